The van der Waals surface area contributed by atoms with Gasteiger partial charge in [0, 0.05) is 24.2 Å². The lowest BCUT2D eigenvalue weighted by Gasteiger charge is -2.38. The maximum Gasteiger partial charge on any atom is 0.400 e. The van der Waals surface area contributed by atoms with E-state index in [2.05, 4.69) is 15.4 Å². The van der Waals surface area contributed by atoms with Crippen LogP contribution in [0.1, 0.15) is 28.4 Å². The highest BCUT2D eigenvalue weighted by Gasteiger charge is 2.47. The first-order valence-corrected chi connectivity index (χ1v) is 12.9. The van der Waals surface area contributed by atoms with E-state index >= 15 is 4.39 Å². The third kappa shape index (κ3) is 5.46. The van der Waals surface area contributed by atoms with Gasteiger partial charge in [0.15, 0.2) is 5.82 Å². The van der Waals surface area contributed by atoms with Crippen molar-refractivity contribution in [2.45, 2.75) is 44.7 Å². The molecule has 42 heavy (non-hydrogen) atoms. The second-order valence-corrected chi connectivity index (χ2v) is 10.7. The van der Waals surface area contributed by atoms with Crippen LogP contribution in [-0.2, 0) is 11.3 Å². The Bertz CT molecular complexity index is 1550. The molecule has 226 valence electrons. The van der Waals surface area contributed by atoms with E-state index in [-0.39, 0.29) is 34.7 Å². The van der Waals surface area contributed by atoms with Crippen LogP contribution in [0.25, 0.3) is 16.8 Å². The molecule has 2 fully saturated rings. The van der Waals surface area contributed by atoms with Gasteiger partial charge in [-0.3, -0.25) is 14.5 Å². The van der Waals surface area contributed by atoms with Crippen molar-refractivity contribution in [2.75, 3.05) is 31.9 Å². The van der Waals surface area contributed by atoms with Gasteiger partial charge in [-0.2, -0.15) is 18.3 Å². The molecule has 4 heterocycles. The predicted octanol–water partition coefficient (Wildman–Crippen LogP) is 3.35. The lowest BCUT2D eigenvalue weighted by atomic mass is 10.0. The number of alkyl halides is 6. The number of fused-ring (bicyclic) bond motifs is 1. The molecule has 0 bridgehead atoms. The van der Waals surface area contributed by atoms with Gasteiger partial charge in [-0.25, -0.2) is 27.1 Å². The van der Waals surface area contributed by atoms with Gasteiger partial charge >= 0.3 is 6.18 Å². The number of nitrogens with one attached hydrogen (secondary N) is 1. The Kier molecular flexibility index (Phi) is 7.31. The van der Waals surface area contributed by atoms with Gasteiger partial charge in [0.2, 0.25) is 5.91 Å². The van der Waals surface area contributed by atoms with Crippen LogP contribution < -0.4 is 11.1 Å². The van der Waals surface area contributed by atoms with Crippen LogP contribution in [0.5, 0.6) is 0 Å². The summed E-state index contributed by atoms with van der Waals surface area (Å²) in [5.41, 5.74) is 7.03. The van der Waals surface area contributed by atoms with E-state index in [1.54, 1.807) is 6.07 Å². The van der Waals surface area contributed by atoms with Crippen LogP contribution in [0.3, 0.4) is 0 Å². The van der Waals surface area contributed by atoms with Crippen molar-refractivity contribution in [3.05, 3.63) is 47.0 Å². The molecule has 2 amide bonds. The number of amides is 2. The first kappa shape index (κ1) is 29.5. The molecule has 0 radical (unpaired) electrons. The molecule has 2 aliphatic heterocycles. The average molecular weight is 602 g/mol. The number of rotatable bonds is 6. The smallest absolute Gasteiger partial charge is 0.382 e. The molecule has 0 spiro atoms. The van der Waals surface area contributed by atoms with Gasteiger partial charge in [0.1, 0.15) is 29.8 Å². The van der Waals surface area contributed by atoms with E-state index in [0.29, 0.717) is 22.9 Å². The Balaban J connectivity index is 1.42. The largest absolute Gasteiger partial charge is 0.400 e. The molecule has 2 saturated heterocycles. The fourth-order valence-corrected chi connectivity index (χ4v) is 5.23. The maximum atomic E-state index is 15.1. The first-order valence-electron chi connectivity index (χ1n) is 12.9. The Morgan fingerprint density at radius 1 is 1.19 bits per heavy atom. The number of benzene rings is 1. The Hall–Kier alpha value is -3.95. The number of nitrogen functional groups attached to an aromatic ring is 1. The Morgan fingerprint density at radius 2 is 1.88 bits per heavy atom. The van der Waals surface area contributed by atoms with Crippen LogP contribution in [-0.4, -0.2) is 86.7 Å². The number of aromatic nitrogens is 3. The van der Waals surface area contributed by atoms with Crippen LogP contribution in [0.15, 0.2) is 24.5 Å². The lowest BCUT2D eigenvalue weighted by molar-refractivity contribution is -0.185. The van der Waals surface area contributed by atoms with Crippen molar-refractivity contribution < 1.29 is 40.3 Å². The zero-order valence-corrected chi connectivity index (χ0v) is 22.4. The van der Waals surface area contributed by atoms with Gasteiger partial charge in [-0.15, -0.1) is 0 Å². The fourth-order valence-electron chi connectivity index (χ4n) is 5.23. The summed E-state index contributed by atoms with van der Waals surface area (Å²) >= 11 is 0. The minimum atomic E-state index is -4.81. The number of anilines is 1. The number of carbonyl (C=O) groups excluding carboxylic acids is 2. The second-order valence-electron chi connectivity index (χ2n) is 10.7. The van der Waals surface area contributed by atoms with E-state index in [9.17, 15) is 35.9 Å². The monoisotopic (exact) mass is 601 g/mol. The highest BCUT2D eigenvalue weighted by Crippen LogP contribution is 2.34. The van der Waals surface area contributed by atoms with Crippen molar-refractivity contribution in [1.29, 1.82) is 0 Å². The topological polar surface area (TPSA) is 109 Å². The van der Waals surface area contributed by atoms with Gasteiger partial charge in [-0.05, 0) is 43.2 Å². The van der Waals surface area contributed by atoms with Crippen molar-refractivity contribution >= 4 is 23.1 Å². The summed E-state index contributed by atoms with van der Waals surface area (Å²) < 4.78 is 96.9. The number of likely N-dealkylation sites (tertiary alicyclic amines) is 2. The normalized spacial score (nSPS) is 21.4. The molecular weight excluding hydrogens is 575 g/mol. The molecule has 0 aliphatic carbocycles. The highest BCUT2D eigenvalue weighted by atomic mass is 19.4. The van der Waals surface area contributed by atoms with Crippen LogP contribution >= 0.6 is 0 Å². The summed E-state index contributed by atoms with van der Waals surface area (Å²) in [7, 11) is 0. The van der Waals surface area contributed by atoms with Crippen LogP contribution in [0, 0.1) is 18.7 Å². The molecule has 5 rings (SSSR count). The molecule has 1 aromatic carbocycles. The van der Waals surface area contributed by atoms with Gasteiger partial charge < -0.3 is 16.0 Å². The zero-order chi connectivity index (χ0) is 30.7. The first-order chi connectivity index (χ1) is 19.6. The molecule has 9 nitrogen and oxygen atoms in total. The average Bonchev–Trinajstić information content (AvgIpc) is 3.44. The molecule has 16 heteroatoms. The summed E-state index contributed by atoms with van der Waals surface area (Å²) in [6.45, 7) is 0.0410. The standard InChI is InChI=1S/C26H26F7N7O2/c1-12-16(23(41)37-19-8-39(7-18(19)28)24(42)13(2)26(31,32)33)3-14(4-17(12)27)20-5-15(6-38-9-25(29,30)10-38)21-22(34)35-11-36-40(20)21/h3-5,11,13,18-19H,6-10H2,1-2H3,(H,37,41)(H2,34,35,36). The van der Waals surface area contributed by atoms with Crippen LogP contribution in [0.2, 0.25) is 0 Å². The fraction of sp³-hybridized carbons (Fsp3) is 0.462. The number of nitrogens with two attached hydrogens (primary N) is 1. The third-order valence-electron chi connectivity index (χ3n) is 7.59. The molecular formula is C26H26F7N7O2. The molecule has 2 aliphatic rings. The number of carbonyl (C=O) groups is 2. The van der Waals surface area contributed by atoms with Gasteiger partial charge in [0.05, 0.1) is 31.4 Å². The summed E-state index contributed by atoms with van der Waals surface area (Å²) in [6.07, 6.45) is -5.50. The van der Waals surface area contributed by atoms with E-state index in [0.717, 1.165) is 12.4 Å². The second kappa shape index (κ2) is 10.4. The third-order valence-corrected chi connectivity index (χ3v) is 7.59. The van der Waals surface area contributed by atoms with E-state index in [1.807, 2.05) is 0 Å². The highest BCUT2D eigenvalue weighted by molar-refractivity contribution is 5.97. The van der Waals surface area contributed by atoms with Gasteiger partial charge in [0.25, 0.3) is 11.8 Å². The lowest BCUT2D eigenvalue weighted by Crippen LogP contribution is -2.55. The molecule has 3 N–H and O–H groups in total. The predicted molar refractivity (Wildman–Crippen MR) is 136 cm³/mol. The molecule has 3 atom stereocenters. The van der Waals surface area contributed by atoms with Crippen molar-refractivity contribution in [2.24, 2.45) is 5.92 Å². The number of hydrogen-bond donors (Lipinski definition) is 2. The zero-order valence-electron chi connectivity index (χ0n) is 22.4. The summed E-state index contributed by atoms with van der Waals surface area (Å²) in [4.78, 5) is 31.5. The molecule has 3 aromatic rings. The van der Waals surface area contributed by atoms with Crippen LogP contribution in [0.4, 0.5) is 36.6 Å². The molecule has 3 unspecified atom stereocenters. The van der Waals surface area contributed by atoms with Crippen molar-refractivity contribution in [3.8, 4) is 11.3 Å². The number of halogens is 7. The van der Waals surface area contributed by atoms with E-state index in [1.165, 1.54) is 22.4 Å². The van der Waals surface area contributed by atoms with E-state index < -0.39 is 74.0 Å². The quantitative estimate of drug-likeness (QED) is 0.420. The minimum absolute atomic E-state index is 0.0539. The number of nitrogens with zero attached hydrogens (tertiary/aromatic N) is 5. The molecule has 2 aromatic heterocycles. The van der Waals surface area contributed by atoms with E-state index in [4.69, 9.17) is 5.73 Å². The van der Waals surface area contributed by atoms with Gasteiger partial charge in [-0.1, -0.05) is 0 Å². The Labute approximate surface area is 234 Å². The minimum Gasteiger partial charge on any atom is -0.382 e. The molecule has 0 saturated carbocycles. The van der Waals surface area contributed by atoms with Crippen molar-refractivity contribution in [1.82, 2.24) is 29.7 Å². The summed E-state index contributed by atoms with van der Waals surface area (Å²) in [5, 5.41) is 6.53. The number of hydrogen-bond acceptors (Lipinski definition) is 6. The Morgan fingerprint density at radius 3 is 2.52 bits per heavy atom. The summed E-state index contributed by atoms with van der Waals surface area (Å²) in [6, 6.07) is 2.71. The summed E-state index contributed by atoms with van der Waals surface area (Å²) in [5.74, 6) is -8.11. The van der Waals surface area contributed by atoms with Crippen molar-refractivity contribution in [3.63, 3.8) is 0 Å². The maximum absolute atomic E-state index is 15.1. The SMILES string of the molecule is Cc1c(F)cc(-c2cc(CN3CC(F)(F)C3)c3c(N)ncnn23)cc1C(=O)NC1CN(C(=O)C(C)C(F)(F)F)CC1F.